The number of aryl methyl sites for hydroxylation is 2. The molecule has 2 rings (SSSR count). The molecule has 0 aliphatic carbocycles. The van der Waals surface area contributed by atoms with Crippen LogP contribution in [0.3, 0.4) is 0 Å². The fraction of sp³-hybridized carbons (Fsp3) is 0.231. The van der Waals surface area contributed by atoms with Crippen LogP contribution in [-0.2, 0) is 19.4 Å². The molecular weight excluding hydrogens is 280 g/mol. The lowest BCUT2D eigenvalue weighted by Gasteiger charge is -2.02. The highest BCUT2D eigenvalue weighted by Gasteiger charge is 1.98. The van der Waals surface area contributed by atoms with Gasteiger partial charge in [-0.2, -0.15) is 0 Å². The molecule has 3 nitrogen and oxygen atoms in total. The largest absolute Gasteiger partial charge is 0.390 e. The Labute approximate surface area is 109 Å². The number of rotatable bonds is 4. The Morgan fingerprint density at radius 3 is 2.29 bits per heavy atom. The number of aliphatic hydroxyl groups is 1. The highest BCUT2D eigenvalue weighted by atomic mass is 79.9. The Morgan fingerprint density at radius 2 is 1.71 bits per heavy atom. The monoisotopic (exact) mass is 292 g/mol. The first kappa shape index (κ1) is 12.2. The van der Waals surface area contributed by atoms with Gasteiger partial charge in [0.05, 0.1) is 12.3 Å². The zero-order valence-corrected chi connectivity index (χ0v) is 10.9. The van der Waals surface area contributed by atoms with Gasteiger partial charge >= 0.3 is 0 Å². The van der Waals surface area contributed by atoms with Crippen LogP contribution in [0.4, 0.5) is 0 Å². The maximum atomic E-state index is 8.89. The summed E-state index contributed by atoms with van der Waals surface area (Å²) < 4.78 is 0.996. The van der Waals surface area contributed by atoms with Gasteiger partial charge in [-0.15, -0.1) is 0 Å². The number of pyridine rings is 2. The molecule has 1 N–H and O–H groups in total. The Kier molecular flexibility index (Phi) is 4.23. The van der Waals surface area contributed by atoms with E-state index in [2.05, 4.69) is 25.9 Å². The van der Waals surface area contributed by atoms with Gasteiger partial charge in [0, 0.05) is 22.6 Å². The summed E-state index contributed by atoms with van der Waals surface area (Å²) in [6.45, 7) is -0.00541. The van der Waals surface area contributed by atoms with Gasteiger partial charge in [-0.1, -0.05) is 6.07 Å². The van der Waals surface area contributed by atoms with Crippen LogP contribution in [0.5, 0.6) is 0 Å². The molecule has 0 saturated carbocycles. The van der Waals surface area contributed by atoms with Gasteiger partial charge in [0.1, 0.15) is 0 Å². The third kappa shape index (κ3) is 3.61. The standard InChI is InChI=1S/C13H13BrN2O/c14-11-3-6-12(16-8-11)4-1-10-2-5-13(9-17)15-7-10/h2-3,5-8,17H,1,4,9H2. The smallest absolute Gasteiger partial charge is 0.0852 e. The van der Waals surface area contributed by atoms with E-state index in [4.69, 9.17) is 5.11 Å². The van der Waals surface area contributed by atoms with E-state index < -0.39 is 0 Å². The van der Waals surface area contributed by atoms with E-state index in [0.29, 0.717) is 5.69 Å². The van der Waals surface area contributed by atoms with Crippen molar-refractivity contribution in [3.63, 3.8) is 0 Å². The molecule has 0 unspecified atom stereocenters. The summed E-state index contributed by atoms with van der Waals surface area (Å²) in [5.74, 6) is 0. The number of halogens is 1. The van der Waals surface area contributed by atoms with E-state index in [1.165, 1.54) is 0 Å². The molecule has 4 heteroatoms. The Morgan fingerprint density at radius 1 is 0.941 bits per heavy atom. The minimum absolute atomic E-state index is 0.00541. The van der Waals surface area contributed by atoms with Crippen molar-refractivity contribution in [3.8, 4) is 0 Å². The average Bonchev–Trinajstić information content (AvgIpc) is 2.39. The number of hydrogen-bond donors (Lipinski definition) is 1. The first-order chi connectivity index (χ1) is 8.28. The quantitative estimate of drug-likeness (QED) is 0.942. The molecule has 0 aliphatic heterocycles. The van der Waals surface area contributed by atoms with Crippen molar-refractivity contribution < 1.29 is 5.11 Å². The fourth-order valence-electron chi connectivity index (χ4n) is 1.52. The molecule has 0 radical (unpaired) electrons. The molecule has 2 heterocycles. The van der Waals surface area contributed by atoms with Gasteiger partial charge in [-0.25, -0.2) is 0 Å². The lowest BCUT2D eigenvalue weighted by molar-refractivity contribution is 0.277. The van der Waals surface area contributed by atoms with Crippen LogP contribution in [0.2, 0.25) is 0 Å². The summed E-state index contributed by atoms with van der Waals surface area (Å²) in [6, 6.07) is 7.86. The first-order valence-corrected chi connectivity index (χ1v) is 6.22. The van der Waals surface area contributed by atoms with Crippen LogP contribution >= 0.6 is 15.9 Å². The van der Waals surface area contributed by atoms with Crippen molar-refractivity contribution in [1.29, 1.82) is 0 Å². The van der Waals surface area contributed by atoms with Gasteiger partial charge in [0.2, 0.25) is 0 Å². The number of hydrogen-bond acceptors (Lipinski definition) is 3. The molecule has 0 bridgehead atoms. The van der Waals surface area contributed by atoms with Gasteiger partial charge in [0.25, 0.3) is 0 Å². The number of aromatic nitrogens is 2. The maximum Gasteiger partial charge on any atom is 0.0852 e. The molecule has 2 aromatic heterocycles. The van der Waals surface area contributed by atoms with Crippen LogP contribution in [0, 0.1) is 0 Å². The lowest BCUT2D eigenvalue weighted by atomic mass is 10.1. The summed E-state index contributed by atoms with van der Waals surface area (Å²) >= 11 is 3.36. The van der Waals surface area contributed by atoms with Crippen molar-refractivity contribution in [1.82, 2.24) is 9.97 Å². The normalized spacial score (nSPS) is 10.5. The zero-order chi connectivity index (χ0) is 12.1. The van der Waals surface area contributed by atoms with Gasteiger partial charge in [-0.05, 0) is 52.5 Å². The van der Waals surface area contributed by atoms with Crippen molar-refractivity contribution in [3.05, 3.63) is 58.1 Å². The number of nitrogens with zero attached hydrogens (tertiary/aromatic N) is 2. The molecule has 0 aromatic carbocycles. The van der Waals surface area contributed by atoms with Crippen molar-refractivity contribution >= 4 is 15.9 Å². The van der Waals surface area contributed by atoms with Crippen LogP contribution in [0.1, 0.15) is 17.0 Å². The van der Waals surface area contributed by atoms with Crippen LogP contribution in [0.25, 0.3) is 0 Å². The lowest BCUT2D eigenvalue weighted by Crippen LogP contribution is -1.96. The molecule has 88 valence electrons. The summed E-state index contributed by atoms with van der Waals surface area (Å²) in [5, 5.41) is 8.89. The molecule has 0 saturated heterocycles. The molecule has 0 spiro atoms. The summed E-state index contributed by atoms with van der Waals surface area (Å²) in [4.78, 5) is 8.47. The predicted molar refractivity (Wildman–Crippen MR) is 69.5 cm³/mol. The van der Waals surface area contributed by atoms with E-state index in [1.807, 2.05) is 36.7 Å². The average molecular weight is 293 g/mol. The second-order valence-electron chi connectivity index (χ2n) is 3.78. The first-order valence-electron chi connectivity index (χ1n) is 5.43. The van der Waals surface area contributed by atoms with E-state index in [0.717, 1.165) is 28.6 Å². The zero-order valence-electron chi connectivity index (χ0n) is 9.31. The molecule has 0 fully saturated rings. The Bertz CT molecular complexity index is 468. The maximum absolute atomic E-state index is 8.89. The van der Waals surface area contributed by atoms with Crippen molar-refractivity contribution in [2.45, 2.75) is 19.4 Å². The Hall–Kier alpha value is -1.26. The molecule has 0 atom stereocenters. The highest BCUT2D eigenvalue weighted by molar-refractivity contribution is 9.10. The van der Waals surface area contributed by atoms with Gasteiger partial charge in [0.15, 0.2) is 0 Å². The summed E-state index contributed by atoms with van der Waals surface area (Å²) in [5.41, 5.74) is 2.93. The molecule has 0 aliphatic rings. The highest BCUT2D eigenvalue weighted by Crippen LogP contribution is 2.10. The minimum atomic E-state index is -0.00541. The summed E-state index contributed by atoms with van der Waals surface area (Å²) in [7, 11) is 0. The van der Waals surface area contributed by atoms with Crippen LogP contribution < -0.4 is 0 Å². The van der Waals surface area contributed by atoms with Crippen LogP contribution in [0.15, 0.2) is 41.1 Å². The van der Waals surface area contributed by atoms with Crippen LogP contribution in [-0.4, -0.2) is 15.1 Å². The second-order valence-corrected chi connectivity index (χ2v) is 4.70. The summed E-state index contributed by atoms with van der Waals surface area (Å²) in [6.07, 6.45) is 5.42. The van der Waals surface area contributed by atoms with Crippen molar-refractivity contribution in [2.24, 2.45) is 0 Å². The van der Waals surface area contributed by atoms with E-state index in [-0.39, 0.29) is 6.61 Å². The van der Waals surface area contributed by atoms with E-state index in [1.54, 1.807) is 0 Å². The fourth-order valence-corrected chi connectivity index (χ4v) is 1.76. The molecule has 2 aromatic rings. The molecule has 0 amide bonds. The van der Waals surface area contributed by atoms with E-state index in [9.17, 15) is 0 Å². The molecule has 17 heavy (non-hydrogen) atoms. The van der Waals surface area contributed by atoms with Gasteiger partial charge in [-0.3, -0.25) is 9.97 Å². The third-order valence-electron chi connectivity index (χ3n) is 2.51. The Balaban J connectivity index is 1.95. The number of aliphatic hydroxyl groups excluding tert-OH is 1. The molecular formula is C13H13BrN2O. The second kappa shape index (κ2) is 5.89. The van der Waals surface area contributed by atoms with E-state index >= 15 is 0 Å². The minimum Gasteiger partial charge on any atom is -0.390 e. The predicted octanol–water partition coefficient (Wildman–Crippen LogP) is 2.52. The van der Waals surface area contributed by atoms with Crippen molar-refractivity contribution in [2.75, 3.05) is 0 Å². The van der Waals surface area contributed by atoms with Gasteiger partial charge < -0.3 is 5.11 Å². The SMILES string of the molecule is OCc1ccc(CCc2ccc(Br)cn2)cn1. The third-order valence-corrected chi connectivity index (χ3v) is 2.98. The topological polar surface area (TPSA) is 46.0 Å².